The van der Waals surface area contributed by atoms with Crippen LogP contribution in [0.15, 0.2) is 48.5 Å². The molecular weight excluding hydrogens is 393 g/mol. The number of benzene rings is 2. The highest BCUT2D eigenvalue weighted by Gasteiger charge is 2.16. The van der Waals surface area contributed by atoms with Crippen LogP contribution in [-0.2, 0) is 16.0 Å². The summed E-state index contributed by atoms with van der Waals surface area (Å²) in [5.74, 6) is -1.31. The zero-order valence-corrected chi connectivity index (χ0v) is 16.8. The molecule has 0 fully saturated rings. The van der Waals surface area contributed by atoms with E-state index in [1.165, 1.54) is 30.6 Å². The molecular formula is C21H20FN3O3S. The maximum atomic E-state index is 13.1. The summed E-state index contributed by atoms with van der Waals surface area (Å²) in [4.78, 5) is 29.7. The van der Waals surface area contributed by atoms with Gasteiger partial charge < -0.3 is 15.4 Å². The fourth-order valence-corrected chi connectivity index (χ4v) is 3.74. The van der Waals surface area contributed by atoms with Gasteiger partial charge in [0.2, 0.25) is 0 Å². The lowest BCUT2D eigenvalue weighted by atomic mass is 10.2. The first kappa shape index (κ1) is 20.5. The summed E-state index contributed by atoms with van der Waals surface area (Å²) < 4.78 is 18.2. The number of ether oxygens (including phenoxy) is 1. The Balaban J connectivity index is 1.55. The van der Waals surface area contributed by atoms with Gasteiger partial charge in [-0.05, 0) is 43.3 Å². The van der Waals surface area contributed by atoms with Crippen LogP contribution in [0.25, 0.3) is 10.6 Å². The second kappa shape index (κ2) is 9.29. The molecule has 1 aromatic heterocycles. The average Bonchev–Trinajstić information content (AvgIpc) is 3.09. The molecule has 2 amide bonds. The Hall–Kier alpha value is -3.26. The number of halogens is 1. The van der Waals surface area contributed by atoms with Gasteiger partial charge in [-0.1, -0.05) is 12.1 Å². The third-order valence-electron chi connectivity index (χ3n) is 4.18. The lowest BCUT2D eigenvalue weighted by Crippen LogP contribution is -2.36. The predicted octanol–water partition coefficient (Wildman–Crippen LogP) is 3.56. The molecule has 0 aliphatic carbocycles. The van der Waals surface area contributed by atoms with E-state index in [1.54, 1.807) is 36.4 Å². The number of hydrogen-bond acceptors (Lipinski definition) is 5. The van der Waals surface area contributed by atoms with E-state index in [4.69, 9.17) is 4.74 Å². The minimum absolute atomic E-state index is 0.295. The van der Waals surface area contributed by atoms with Gasteiger partial charge in [-0.25, -0.2) is 9.37 Å². The lowest BCUT2D eigenvalue weighted by molar-refractivity contribution is -0.136. The molecule has 0 aliphatic heterocycles. The van der Waals surface area contributed by atoms with Crippen LogP contribution in [0.3, 0.4) is 0 Å². The van der Waals surface area contributed by atoms with E-state index < -0.39 is 11.8 Å². The summed E-state index contributed by atoms with van der Waals surface area (Å²) in [6.07, 6.45) is 0.540. The van der Waals surface area contributed by atoms with Gasteiger partial charge in [-0.15, -0.1) is 11.3 Å². The van der Waals surface area contributed by atoms with Crippen molar-refractivity contribution in [3.63, 3.8) is 0 Å². The van der Waals surface area contributed by atoms with Gasteiger partial charge in [0, 0.05) is 23.4 Å². The molecule has 29 heavy (non-hydrogen) atoms. The molecule has 0 saturated heterocycles. The number of thiazole rings is 1. The summed E-state index contributed by atoms with van der Waals surface area (Å²) in [5, 5.41) is 5.93. The number of para-hydroxylation sites is 2. The number of carbonyl (C=O) groups excluding carboxylic acids is 2. The van der Waals surface area contributed by atoms with Gasteiger partial charge in [0.25, 0.3) is 0 Å². The third kappa shape index (κ3) is 5.17. The monoisotopic (exact) mass is 413 g/mol. The smallest absolute Gasteiger partial charge is 0.313 e. The van der Waals surface area contributed by atoms with Crippen LogP contribution in [0.5, 0.6) is 5.75 Å². The summed E-state index contributed by atoms with van der Waals surface area (Å²) in [5.41, 5.74) is 2.12. The topological polar surface area (TPSA) is 80.3 Å². The molecule has 0 unspecified atom stereocenters. The normalized spacial score (nSPS) is 10.4. The minimum atomic E-state index is -0.762. The van der Waals surface area contributed by atoms with Crippen LogP contribution < -0.4 is 15.4 Å². The van der Waals surface area contributed by atoms with Crippen molar-refractivity contribution >= 4 is 28.8 Å². The summed E-state index contributed by atoms with van der Waals surface area (Å²) in [6, 6.07) is 13.0. The minimum Gasteiger partial charge on any atom is -0.495 e. The van der Waals surface area contributed by atoms with Gasteiger partial charge in [0.05, 0.1) is 18.5 Å². The molecule has 3 rings (SSSR count). The third-order valence-corrected chi connectivity index (χ3v) is 5.45. The summed E-state index contributed by atoms with van der Waals surface area (Å²) in [7, 11) is 1.49. The molecule has 2 N–H and O–H groups in total. The van der Waals surface area contributed by atoms with Crippen LogP contribution in [0.4, 0.5) is 10.1 Å². The summed E-state index contributed by atoms with van der Waals surface area (Å²) in [6.45, 7) is 2.18. The van der Waals surface area contributed by atoms with Gasteiger partial charge in [0.15, 0.2) is 0 Å². The Bertz CT molecular complexity index is 1020. The maximum absolute atomic E-state index is 13.1. The molecule has 0 atom stereocenters. The maximum Gasteiger partial charge on any atom is 0.313 e. The van der Waals surface area contributed by atoms with Crippen molar-refractivity contribution < 1.29 is 18.7 Å². The Labute approximate surface area is 171 Å². The molecule has 0 saturated carbocycles. The zero-order chi connectivity index (χ0) is 20.8. The number of rotatable bonds is 6. The molecule has 0 radical (unpaired) electrons. The van der Waals surface area contributed by atoms with Gasteiger partial charge in [0.1, 0.15) is 16.6 Å². The Morgan fingerprint density at radius 3 is 2.55 bits per heavy atom. The number of carbonyl (C=O) groups is 2. The average molecular weight is 413 g/mol. The van der Waals surface area contributed by atoms with Crippen LogP contribution in [0.1, 0.15) is 10.6 Å². The molecule has 0 aliphatic rings. The van der Waals surface area contributed by atoms with E-state index in [-0.39, 0.29) is 5.82 Å². The summed E-state index contributed by atoms with van der Waals surface area (Å²) >= 11 is 1.48. The van der Waals surface area contributed by atoms with Crippen LogP contribution >= 0.6 is 11.3 Å². The highest BCUT2D eigenvalue weighted by molar-refractivity contribution is 7.15. The Kier molecular flexibility index (Phi) is 6.56. The number of aryl methyl sites for hydroxylation is 1. The molecule has 0 spiro atoms. The van der Waals surface area contributed by atoms with Crippen LogP contribution in [0, 0.1) is 12.7 Å². The Morgan fingerprint density at radius 2 is 1.83 bits per heavy atom. The number of anilines is 1. The fraction of sp³-hybridized carbons (Fsp3) is 0.190. The van der Waals surface area contributed by atoms with E-state index in [2.05, 4.69) is 15.6 Å². The van der Waals surface area contributed by atoms with Gasteiger partial charge >= 0.3 is 11.8 Å². The highest BCUT2D eigenvalue weighted by atomic mass is 32.1. The predicted molar refractivity (Wildman–Crippen MR) is 111 cm³/mol. The van der Waals surface area contributed by atoms with E-state index in [0.717, 1.165) is 21.1 Å². The number of hydrogen-bond donors (Lipinski definition) is 2. The second-order valence-electron chi connectivity index (χ2n) is 6.19. The van der Waals surface area contributed by atoms with Crippen molar-refractivity contribution in [2.45, 2.75) is 13.3 Å². The highest BCUT2D eigenvalue weighted by Crippen LogP contribution is 2.28. The SMILES string of the molecule is COc1ccccc1NC(=O)C(=O)NCCc1sc(-c2ccc(F)cc2)nc1C. The fourth-order valence-electron chi connectivity index (χ4n) is 2.67. The van der Waals surface area contributed by atoms with Crippen molar-refractivity contribution in [1.29, 1.82) is 0 Å². The van der Waals surface area contributed by atoms with Gasteiger partial charge in [-0.3, -0.25) is 9.59 Å². The number of amides is 2. The largest absolute Gasteiger partial charge is 0.495 e. The zero-order valence-electron chi connectivity index (χ0n) is 16.0. The number of aromatic nitrogens is 1. The van der Waals surface area contributed by atoms with E-state index in [1.807, 2.05) is 6.92 Å². The van der Waals surface area contributed by atoms with Crippen molar-refractivity contribution in [3.8, 4) is 16.3 Å². The first-order chi connectivity index (χ1) is 14.0. The first-order valence-electron chi connectivity index (χ1n) is 8.92. The van der Waals surface area contributed by atoms with Crippen molar-refractivity contribution in [3.05, 3.63) is 64.9 Å². The number of nitrogens with zero attached hydrogens (tertiary/aromatic N) is 1. The quantitative estimate of drug-likeness (QED) is 0.606. The standard InChI is InChI=1S/C21H20FN3O3S/c1-13-18(29-21(24-13)14-7-9-15(22)10-8-14)11-12-23-19(26)20(27)25-16-5-3-4-6-17(16)28-2/h3-10H,11-12H2,1-2H3,(H,23,26)(H,25,27). The number of nitrogens with one attached hydrogen (secondary N) is 2. The lowest BCUT2D eigenvalue weighted by Gasteiger charge is -2.09. The van der Waals surface area contributed by atoms with E-state index >= 15 is 0 Å². The number of methoxy groups -OCH3 is 1. The molecule has 8 heteroatoms. The molecule has 1 heterocycles. The van der Waals surface area contributed by atoms with Gasteiger partial charge in [-0.2, -0.15) is 0 Å². The van der Waals surface area contributed by atoms with E-state index in [9.17, 15) is 14.0 Å². The molecule has 6 nitrogen and oxygen atoms in total. The second-order valence-corrected chi connectivity index (χ2v) is 7.28. The van der Waals surface area contributed by atoms with Crippen LogP contribution in [-0.4, -0.2) is 30.5 Å². The van der Waals surface area contributed by atoms with Crippen molar-refractivity contribution in [2.75, 3.05) is 19.0 Å². The molecule has 2 aromatic carbocycles. The molecule has 3 aromatic rings. The van der Waals surface area contributed by atoms with Crippen molar-refractivity contribution in [1.82, 2.24) is 10.3 Å². The molecule has 0 bridgehead atoms. The first-order valence-corrected chi connectivity index (χ1v) is 9.74. The Morgan fingerprint density at radius 1 is 1.10 bits per heavy atom. The van der Waals surface area contributed by atoms with Crippen LogP contribution in [0.2, 0.25) is 0 Å². The van der Waals surface area contributed by atoms with E-state index in [0.29, 0.717) is 24.4 Å². The molecule has 150 valence electrons. The van der Waals surface area contributed by atoms with Crippen molar-refractivity contribution in [2.24, 2.45) is 0 Å².